The van der Waals surface area contributed by atoms with E-state index < -0.39 is 15.7 Å². The van der Waals surface area contributed by atoms with Gasteiger partial charge >= 0.3 is 0 Å². The molecule has 162 valence electrons. The first kappa shape index (κ1) is 20.6. The maximum Gasteiger partial charge on any atom is 0.283 e. The summed E-state index contributed by atoms with van der Waals surface area (Å²) in [7, 11) is -2.14. The zero-order valence-electron chi connectivity index (χ0n) is 16.6. The third kappa shape index (κ3) is 3.25. The predicted molar refractivity (Wildman–Crippen MR) is 125 cm³/mol. The summed E-state index contributed by atoms with van der Waals surface area (Å²) >= 11 is 2.18. The lowest BCUT2D eigenvalue weighted by Crippen LogP contribution is -2.45. The molecular formula is C19H14N6O4S3. The Kier molecular flexibility index (Phi) is 4.76. The highest BCUT2D eigenvalue weighted by Gasteiger charge is 2.41. The number of sulfone groups is 1. The lowest BCUT2D eigenvalue weighted by molar-refractivity contribution is -0.114. The van der Waals surface area contributed by atoms with Gasteiger partial charge in [0.2, 0.25) is 20.2 Å². The topological polar surface area (TPSA) is 130 Å². The lowest BCUT2D eigenvalue weighted by Gasteiger charge is -2.23. The zero-order chi connectivity index (χ0) is 22.6. The van der Waals surface area contributed by atoms with Gasteiger partial charge in [0.15, 0.2) is 4.96 Å². The molecule has 32 heavy (non-hydrogen) atoms. The summed E-state index contributed by atoms with van der Waals surface area (Å²) in [4.78, 5) is 23.2. The number of hydrogen-bond donors (Lipinski definition) is 1. The van der Waals surface area contributed by atoms with Gasteiger partial charge in [-0.25, -0.2) is 18.3 Å². The Hall–Kier alpha value is -3.29. The molecule has 13 heteroatoms. The Bertz CT molecular complexity index is 1500. The monoisotopic (exact) mass is 486 g/mol. The normalized spacial score (nSPS) is 17.7. The molecule has 0 unspecified atom stereocenters. The highest BCUT2D eigenvalue weighted by molar-refractivity contribution is 8.16. The lowest BCUT2D eigenvalue weighted by atomic mass is 10.1. The van der Waals surface area contributed by atoms with E-state index >= 15 is 0 Å². The molecule has 1 aromatic carbocycles. The summed E-state index contributed by atoms with van der Waals surface area (Å²) in [6.07, 6.45) is 4.32. The molecule has 0 spiro atoms. The number of rotatable bonds is 3. The summed E-state index contributed by atoms with van der Waals surface area (Å²) in [5.74, 6) is -0.260. The number of thiazole rings is 1. The van der Waals surface area contributed by atoms with Crippen molar-refractivity contribution >= 4 is 66.2 Å². The van der Waals surface area contributed by atoms with E-state index in [0.29, 0.717) is 22.1 Å². The van der Waals surface area contributed by atoms with Gasteiger partial charge in [-0.1, -0.05) is 0 Å². The van der Waals surface area contributed by atoms with Crippen molar-refractivity contribution in [2.45, 2.75) is 0 Å². The number of fused-ring (bicyclic) bond motifs is 2. The quantitative estimate of drug-likeness (QED) is 0.445. The van der Waals surface area contributed by atoms with Gasteiger partial charge in [-0.2, -0.15) is 9.39 Å². The minimum absolute atomic E-state index is 0.0434. The van der Waals surface area contributed by atoms with Crippen LogP contribution in [0.15, 0.2) is 50.8 Å². The van der Waals surface area contributed by atoms with Gasteiger partial charge in [-0.15, -0.1) is 11.3 Å². The number of methoxy groups -OCH3 is 1. The molecule has 0 saturated carbocycles. The minimum Gasteiger partial charge on any atom is -0.497 e. The van der Waals surface area contributed by atoms with Crippen molar-refractivity contribution in [1.82, 2.24) is 14.3 Å². The van der Waals surface area contributed by atoms with Crippen LogP contribution in [-0.4, -0.2) is 58.1 Å². The van der Waals surface area contributed by atoms with Crippen molar-refractivity contribution in [3.63, 3.8) is 0 Å². The van der Waals surface area contributed by atoms with E-state index in [9.17, 15) is 13.2 Å². The zero-order valence-corrected chi connectivity index (χ0v) is 19.1. The van der Waals surface area contributed by atoms with Gasteiger partial charge < -0.3 is 4.74 Å². The van der Waals surface area contributed by atoms with Crippen LogP contribution in [0.1, 0.15) is 5.69 Å². The molecule has 0 aliphatic carbocycles. The number of nitrogens with zero attached hydrogens (tertiary/aromatic N) is 5. The van der Waals surface area contributed by atoms with Gasteiger partial charge in [0.1, 0.15) is 11.6 Å². The highest BCUT2D eigenvalue weighted by Crippen LogP contribution is 2.33. The fraction of sp³-hybridized carbons (Fsp3) is 0.105. The summed E-state index contributed by atoms with van der Waals surface area (Å²) in [6, 6.07) is 7.31. The van der Waals surface area contributed by atoms with Crippen molar-refractivity contribution in [1.29, 1.82) is 5.41 Å². The molecule has 0 atom stereocenters. The van der Waals surface area contributed by atoms with E-state index in [1.165, 1.54) is 17.4 Å². The largest absolute Gasteiger partial charge is 0.497 e. The van der Waals surface area contributed by atoms with Crippen molar-refractivity contribution in [3.8, 4) is 17.0 Å². The summed E-state index contributed by atoms with van der Waals surface area (Å²) in [5, 5.41) is 10.1. The third-order valence-corrected chi connectivity index (χ3v) is 7.28. The Morgan fingerprint density at radius 3 is 2.66 bits per heavy atom. The number of imidazole rings is 1. The SMILES string of the molecule is COc1ccc(-c2nc3sccn3c2C=C2C(=N)N3C(=NC2=O)SN=C3S(C)(=O)=O)cc1. The van der Waals surface area contributed by atoms with Gasteiger partial charge in [-0.05, 0) is 30.3 Å². The van der Waals surface area contributed by atoms with Crippen LogP contribution in [0.5, 0.6) is 5.75 Å². The number of amides is 1. The number of ether oxygens (including phenoxy) is 1. The number of benzene rings is 1. The standard InChI is InChI=1S/C19H14N6O4S3/c1-29-11-5-3-10(4-6-11)14-13(24-7-8-30-17(24)21-14)9-12-15(20)25-18(22-16(12)26)31-23-19(25)32(2,27)28/h3-9,20H,1-2H3. The second-order valence-electron chi connectivity index (χ2n) is 6.81. The summed E-state index contributed by atoms with van der Waals surface area (Å²) < 4.78 is 35.1. The van der Waals surface area contributed by atoms with Crippen molar-refractivity contribution in [2.75, 3.05) is 13.4 Å². The molecule has 4 heterocycles. The highest BCUT2D eigenvalue weighted by atomic mass is 32.2. The molecule has 2 aromatic heterocycles. The summed E-state index contributed by atoms with van der Waals surface area (Å²) in [5.41, 5.74) is 1.91. The van der Waals surface area contributed by atoms with Gasteiger partial charge in [0, 0.05) is 23.4 Å². The molecule has 2 aliphatic rings. The predicted octanol–water partition coefficient (Wildman–Crippen LogP) is 2.69. The van der Waals surface area contributed by atoms with Crippen molar-refractivity contribution in [3.05, 3.63) is 47.1 Å². The van der Waals surface area contributed by atoms with Crippen LogP contribution in [0, 0.1) is 5.41 Å². The second-order valence-corrected chi connectivity index (χ2v) is 10.3. The van der Waals surface area contributed by atoms with Crippen LogP contribution in [0.3, 0.4) is 0 Å². The number of aromatic nitrogens is 2. The first-order chi connectivity index (χ1) is 15.3. The number of carbonyl (C=O) groups excluding carboxylic acids is 1. The molecule has 0 radical (unpaired) electrons. The molecule has 0 bridgehead atoms. The molecular weight excluding hydrogens is 472 g/mol. The van der Waals surface area contributed by atoms with Crippen molar-refractivity contribution < 1.29 is 17.9 Å². The number of nitrogens with one attached hydrogen (secondary N) is 1. The number of aliphatic imine (C=N–C) groups is 1. The first-order valence-corrected chi connectivity index (χ1v) is 12.6. The van der Waals surface area contributed by atoms with Crippen molar-refractivity contribution in [2.24, 2.45) is 9.39 Å². The maximum atomic E-state index is 12.8. The molecule has 0 saturated heterocycles. The van der Waals surface area contributed by atoms with Gasteiger partial charge in [0.05, 0.1) is 36.0 Å². The average molecular weight is 487 g/mol. The van der Waals surface area contributed by atoms with Crippen LogP contribution in [0.4, 0.5) is 0 Å². The van der Waals surface area contributed by atoms with Gasteiger partial charge in [0.25, 0.3) is 5.91 Å². The minimum atomic E-state index is -3.73. The Morgan fingerprint density at radius 2 is 1.97 bits per heavy atom. The smallest absolute Gasteiger partial charge is 0.283 e. The fourth-order valence-electron chi connectivity index (χ4n) is 3.28. The van der Waals surface area contributed by atoms with E-state index in [0.717, 1.165) is 28.7 Å². The third-order valence-electron chi connectivity index (χ3n) is 4.77. The Morgan fingerprint density at radius 1 is 1.22 bits per heavy atom. The molecule has 5 rings (SSSR count). The Balaban J connectivity index is 1.66. The van der Waals surface area contributed by atoms with Crippen LogP contribution in [0.2, 0.25) is 0 Å². The average Bonchev–Trinajstić information content (AvgIpc) is 3.46. The maximum absolute atomic E-state index is 12.8. The molecule has 1 N–H and O–H groups in total. The van der Waals surface area contributed by atoms with Crippen LogP contribution in [-0.2, 0) is 14.6 Å². The van der Waals surface area contributed by atoms with E-state index in [1.807, 2.05) is 23.7 Å². The number of hydrogen-bond acceptors (Lipinski definition) is 9. The molecule has 1 amide bonds. The molecule has 2 aliphatic heterocycles. The number of amidine groups is 3. The molecule has 0 fully saturated rings. The fourth-order valence-corrected chi connectivity index (χ4v) is 5.84. The van der Waals surface area contributed by atoms with Gasteiger partial charge in [-0.3, -0.25) is 14.6 Å². The van der Waals surface area contributed by atoms with E-state index in [1.54, 1.807) is 23.6 Å². The van der Waals surface area contributed by atoms with Crippen LogP contribution in [0.25, 0.3) is 22.3 Å². The first-order valence-electron chi connectivity index (χ1n) is 9.07. The van der Waals surface area contributed by atoms with Crippen LogP contribution >= 0.6 is 23.3 Å². The van der Waals surface area contributed by atoms with E-state index in [-0.39, 0.29) is 21.7 Å². The van der Waals surface area contributed by atoms with E-state index in [4.69, 9.17) is 10.1 Å². The second kappa shape index (κ2) is 7.39. The molecule has 10 nitrogen and oxygen atoms in total. The van der Waals surface area contributed by atoms with Crippen LogP contribution < -0.4 is 4.74 Å². The molecule has 3 aromatic rings. The van der Waals surface area contributed by atoms with E-state index in [2.05, 4.69) is 14.4 Å². The Labute approximate surface area is 190 Å². The number of carbonyl (C=O) groups is 1. The summed E-state index contributed by atoms with van der Waals surface area (Å²) in [6.45, 7) is 0.